The van der Waals surface area contributed by atoms with Gasteiger partial charge >= 0.3 is 0 Å². The first-order valence-electron chi connectivity index (χ1n) is 8.32. The molecule has 4 rings (SSSR count). The van der Waals surface area contributed by atoms with Gasteiger partial charge in [-0.2, -0.15) is 0 Å². The molecule has 4 nitrogen and oxygen atoms in total. The lowest BCUT2D eigenvalue weighted by Crippen LogP contribution is -2.44. The van der Waals surface area contributed by atoms with Crippen molar-refractivity contribution in [3.05, 3.63) is 59.4 Å². The molecular weight excluding hydrogens is 300 g/mol. The summed E-state index contributed by atoms with van der Waals surface area (Å²) in [5, 5.41) is 5.67. The zero-order valence-electron chi connectivity index (χ0n) is 13.7. The number of fused-ring (bicyclic) bond motifs is 1. The first-order chi connectivity index (χ1) is 11.8. The van der Waals surface area contributed by atoms with E-state index in [2.05, 4.69) is 58.6 Å². The summed E-state index contributed by atoms with van der Waals surface area (Å²) in [7, 11) is 0. The van der Waals surface area contributed by atoms with Gasteiger partial charge in [-0.15, -0.1) is 0 Å². The van der Waals surface area contributed by atoms with Gasteiger partial charge in [0.15, 0.2) is 0 Å². The van der Waals surface area contributed by atoms with Crippen molar-refractivity contribution in [1.82, 2.24) is 10.2 Å². The molecule has 0 saturated carbocycles. The molecule has 1 saturated heterocycles. The van der Waals surface area contributed by atoms with Crippen LogP contribution in [0.25, 0.3) is 16.3 Å². The van der Waals surface area contributed by atoms with Gasteiger partial charge in [-0.1, -0.05) is 42.5 Å². The topological polar surface area (TPSA) is 41.6 Å². The highest BCUT2D eigenvalue weighted by Crippen LogP contribution is 2.37. The molecule has 1 N–H and O–H groups in total. The molecule has 0 aliphatic carbocycles. The van der Waals surface area contributed by atoms with Gasteiger partial charge in [0.25, 0.3) is 0 Å². The van der Waals surface area contributed by atoms with Crippen LogP contribution in [0.1, 0.15) is 12.5 Å². The Morgan fingerprint density at radius 1 is 1.12 bits per heavy atom. The molecule has 0 amide bonds. The second-order valence-electron chi connectivity index (χ2n) is 6.26. The van der Waals surface area contributed by atoms with Crippen LogP contribution < -0.4 is 5.32 Å². The van der Waals surface area contributed by atoms with Gasteiger partial charge < -0.3 is 10.1 Å². The lowest BCUT2D eigenvalue weighted by atomic mass is 9.92. The fourth-order valence-electron chi connectivity index (χ4n) is 3.78. The Labute approximate surface area is 141 Å². The van der Waals surface area contributed by atoms with Crippen LogP contribution in [0.3, 0.4) is 0 Å². The van der Waals surface area contributed by atoms with Gasteiger partial charge in [0.1, 0.15) is 11.6 Å². The molecule has 2 aromatic carbocycles. The number of carbonyl (C=O) groups excluding carboxylic acids is 1. The van der Waals surface area contributed by atoms with Crippen molar-refractivity contribution in [1.29, 1.82) is 0 Å². The number of benzene rings is 2. The highest BCUT2D eigenvalue weighted by molar-refractivity contribution is 5.97. The van der Waals surface area contributed by atoms with Crippen LogP contribution in [-0.4, -0.2) is 43.2 Å². The molecule has 0 radical (unpaired) electrons. The molecule has 1 atom stereocenters. The minimum absolute atomic E-state index is 0.0720. The molecule has 24 heavy (non-hydrogen) atoms. The summed E-state index contributed by atoms with van der Waals surface area (Å²) in [5.41, 5.74) is 3.99. The van der Waals surface area contributed by atoms with E-state index in [1.54, 1.807) is 0 Å². The Hall–Kier alpha value is -2.39. The molecule has 2 aliphatic rings. The van der Waals surface area contributed by atoms with Crippen LogP contribution in [0.15, 0.2) is 53.9 Å². The van der Waals surface area contributed by atoms with Gasteiger partial charge in [-0.3, -0.25) is 4.90 Å². The predicted molar refractivity (Wildman–Crippen MR) is 95.1 cm³/mol. The third-order valence-electron chi connectivity index (χ3n) is 4.87. The number of hydrogen-bond donors (Lipinski definition) is 1. The highest BCUT2D eigenvalue weighted by Gasteiger charge is 2.36. The van der Waals surface area contributed by atoms with Crippen LogP contribution >= 0.6 is 0 Å². The number of ether oxygens (including phenoxy) is 1. The molecule has 2 heterocycles. The van der Waals surface area contributed by atoms with E-state index in [1.807, 2.05) is 6.92 Å². The largest absolute Gasteiger partial charge is 0.379 e. The lowest BCUT2D eigenvalue weighted by Gasteiger charge is -2.33. The van der Waals surface area contributed by atoms with Crippen LogP contribution in [-0.2, 0) is 9.53 Å². The highest BCUT2D eigenvalue weighted by atomic mass is 16.5. The second kappa shape index (κ2) is 6.25. The zero-order valence-corrected chi connectivity index (χ0v) is 13.7. The normalized spacial score (nSPS) is 21.9. The molecule has 122 valence electrons. The number of allylic oxidation sites excluding steroid dienone is 1. The lowest BCUT2D eigenvalue weighted by molar-refractivity contribution is 0.0331. The van der Waals surface area contributed by atoms with E-state index in [1.165, 1.54) is 21.9 Å². The first-order valence-corrected chi connectivity index (χ1v) is 8.32. The molecule has 1 unspecified atom stereocenters. The summed E-state index contributed by atoms with van der Waals surface area (Å²) in [6.45, 7) is 5.07. The number of rotatable bonds is 2. The summed E-state index contributed by atoms with van der Waals surface area (Å²) in [6.07, 6.45) is 0. The van der Waals surface area contributed by atoms with E-state index in [-0.39, 0.29) is 6.04 Å². The van der Waals surface area contributed by atoms with Crippen LogP contribution in [0, 0.1) is 0 Å². The molecule has 0 spiro atoms. The Kier molecular flexibility index (Phi) is 3.95. The van der Waals surface area contributed by atoms with Crippen molar-refractivity contribution in [2.24, 2.45) is 0 Å². The Bertz CT molecular complexity index is 854. The summed E-state index contributed by atoms with van der Waals surface area (Å²) in [6, 6.07) is 14.7. The fourth-order valence-corrected chi connectivity index (χ4v) is 3.78. The number of hydrogen-bond acceptors (Lipinski definition) is 4. The van der Waals surface area contributed by atoms with Gasteiger partial charge in [0, 0.05) is 24.4 Å². The van der Waals surface area contributed by atoms with Crippen LogP contribution in [0.2, 0.25) is 0 Å². The Morgan fingerprint density at radius 3 is 2.67 bits per heavy atom. The minimum atomic E-state index is -0.0720. The smallest absolute Gasteiger partial charge is 0.148 e. The maximum Gasteiger partial charge on any atom is 0.148 e. The molecule has 0 aromatic heterocycles. The van der Waals surface area contributed by atoms with Crippen LogP contribution in [0.5, 0.6) is 0 Å². The summed E-state index contributed by atoms with van der Waals surface area (Å²) in [4.78, 5) is 13.8. The van der Waals surface area contributed by atoms with E-state index in [9.17, 15) is 4.79 Å². The molecule has 1 fully saturated rings. The number of nitrogens with one attached hydrogen (secondary N) is 1. The Balaban J connectivity index is 1.87. The van der Waals surface area contributed by atoms with Crippen molar-refractivity contribution in [2.75, 3.05) is 26.3 Å². The summed E-state index contributed by atoms with van der Waals surface area (Å²) < 4.78 is 5.48. The SMILES string of the molecule is CC1=C(c2cccc3ccccc23)C(N2CCOCC2)C(=C=O)N1. The zero-order chi connectivity index (χ0) is 16.5. The fraction of sp³-hybridized carbons (Fsp3) is 0.300. The maximum atomic E-state index is 11.5. The van der Waals surface area contributed by atoms with Gasteiger partial charge in [-0.05, 0) is 23.3 Å². The van der Waals surface area contributed by atoms with Crippen molar-refractivity contribution >= 4 is 22.3 Å². The predicted octanol–water partition coefficient (Wildman–Crippen LogP) is 2.59. The van der Waals surface area contributed by atoms with Crippen LogP contribution in [0.4, 0.5) is 0 Å². The average Bonchev–Trinajstić information content (AvgIpc) is 2.98. The molecule has 0 bridgehead atoms. The molecule has 2 aliphatic heterocycles. The molecule has 4 heteroatoms. The van der Waals surface area contributed by atoms with Gasteiger partial charge in [-0.25, -0.2) is 4.79 Å². The summed E-state index contributed by atoms with van der Waals surface area (Å²) >= 11 is 0. The standard InChI is InChI=1S/C20H20N2O2/c1-14-19(17-8-4-6-15-5-2-3-7-16(15)17)20(18(13-23)21-14)22-9-11-24-12-10-22/h2-8,20-21H,9-12H2,1H3. The maximum absolute atomic E-state index is 11.5. The molecular formula is C20H20N2O2. The van der Waals surface area contributed by atoms with Crippen molar-refractivity contribution in [3.63, 3.8) is 0 Å². The molecule has 2 aromatic rings. The van der Waals surface area contributed by atoms with Crippen molar-refractivity contribution < 1.29 is 9.53 Å². The third-order valence-corrected chi connectivity index (χ3v) is 4.87. The van der Waals surface area contributed by atoms with E-state index in [0.717, 1.165) is 18.8 Å². The average molecular weight is 320 g/mol. The number of morpholine rings is 1. The second-order valence-corrected chi connectivity index (χ2v) is 6.26. The van der Waals surface area contributed by atoms with E-state index >= 15 is 0 Å². The Morgan fingerprint density at radius 2 is 1.88 bits per heavy atom. The van der Waals surface area contributed by atoms with E-state index < -0.39 is 0 Å². The van der Waals surface area contributed by atoms with E-state index in [0.29, 0.717) is 18.9 Å². The van der Waals surface area contributed by atoms with Gasteiger partial charge in [0.05, 0.1) is 19.3 Å². The minimum Gasteiger partial charge on any atom is -0.379 e. The quantitative estimate of drug-likeness (QED) is 0.864. The first kappa shape index (κ1) is 15.2. The van der Waals surface area contributed by atoms with Crippen molar-refractivity contribution in [3.8, 4) is 0 Å². The van der Waals surface area contributed by atoms with E-state index in [4.69, 9.17) is 4.74 Å². The number of nitrogens with zero attached hydrogens (tertiary/aromatic N) is 1. The summed E-state index contributed by atoms with van der Waals surface area (Å²) in [5.74, 6) is 2.12. The van der Waals surface area contributed by atoms with Gasteiger partial charge in [0.2, 0.25) is 0 Å². The van der Waals surface area contributed by atoms with Crippen molar-refractivity contribution in [2.45, 2.75) is 13.0 Å². The third kappa shape index (κ3) is 2.45. The monoisotopic (exact) mass is 320 g/mol.